The summed E-state index contributed by atoms with van der Waals surface area (Å²) in [7, 11) is 0. The molecule has 0 bridgehead atoms. The van der Waals surface area contributed by atoms with Crippen molar-refractivity contribution in [3.8, 4) is 0 Å². The number of unbranched alkanes of at least 4 members (excludes halogenated alkanes) is 1. The van der Waals surface area contributed by atoms with Gasteiger partial charge in [-0.05, 0) is 45.1 Å². The maximum Gasteiger partial charge on any atom is 0.303 e. The zero-order chi connectivity index (χ0) is 34.4. The molecule has 4 atom stereocenters. The van der Waals surface area contributed by atoms with Crippen molar-refractivity contribution in [1.29, 1.82) is 0 Å². The number of Topliss-reactive ketones (excluding diaryl/α,β-unsaturated/α-hetero) is 2. The predicted molar refractivity (Wildman–Crippen MR) is 157 cm³/mol. The molecule has 4 amide bonds. The minimum atomic E-state index is -1.32. The highest BCUT2D eigenvalue weighted by molar-refractivity contribution is 5.95. The smallest absolute Gasteiger partial charge is 0.303 e. The van der Waals surface area contributed by atoms with Gasteiger partial charge in [-0.15, -0.1) is 0 Å². The molecule has 0 aromatic heterocycles. The van der Waals surface area contributed by atoms with Gasteiger partial charge in [-0.2, -0.15) is 0 Å². The fourth-order valence-electron chi connectivity index (χ4n) is 4.18. The van der Waals surface area contributed by atoms with Crippen molar-refractivity contribution in [1.82, 2.24) is 16.0 Å². The standard InChI is InChI=1S/C28H48N6O10/c29-11-1-2-12-32-25(40)9-7-21(23(38)16-18(27(31)43)4-3-14-35)34-28(44)19(5-8-24(39)33-13-15-36)17-22(37)20(30)6-10-26(41)42/h14,18-21,36H,1-13,15-17,29-30H2,(H2,31,43)(H,32,40)(H,33,39)(H,34,44)(H,41,42)/i14T. The summed E-state index contributed by atoms with van der Waals surface area (Å²) in [5.41, 5.74) is 16.7. The summed E-state index contributed by atoms with van der Waals surface area (Å²) < 4.78 is 7.06. The molecule has 0 aliphatic rings. The summed E-state index contributed by atoms with van der Waals surface area (Å²) >= 11 is 0. The summed E-state index contributed by atoms with van der Waals surface area (Å²) in [6, 6.07) is -2.52. The third-order valence-electron chi connectivity index (χ3n) is 6.82. The van der Waals surface area contributed by atoms with E-state index in [1.165, 1.54) is 0 Å². The van der Waals surface area contributed by atoms with E-state index in [4.69, 9.17) is 28.8 Å². The quantitative estimate of drug-likeness (QED) is 0.0354. The Bertz CT molecular complexity index is 1030. The number of aliphatic carboxylic acids is 1. The molecular formula is C28H48N6O10. The van der Waals surface area contributed by atoms with Crippen molar-refractivity contribution in [2.24, 2.45) is 29.0 Å². The Kier molecular flexibility index (Phi) is 20.6. The van der Waals surface area contributed by atoms with Crippen LogP contribution in [0.3, 0.4) is 0 Å². The Balaban J connectivity index is 5.92. The van der Waals surface area contributed by atoms with Gasteiger partial charge in [0.25, 0.3) is 0 Å². The molecule has 0 fully saturated rings. The first kappa shape index (κ1) is 38.3. The molecule has 0 spiro atoms. The van der Waals surface area contributed by atoms with Crippen molar-refractivity contribution >= 4 is 47.4 Å². The Hall–Kier alpha value is -3.76. The molecule has 16 nitrogen and oxygen atoms in total. The average Bonchev–Trinajstić information content (AvgIpc) is 2.98. The van der Waals surface area contributed by atoms with Crippen molar-refractivity contribution in [3.63, 3.8) is 0 Å². The van der Waals surface area contributed by atoms with Gasteiger partial charge in [0.05, 0.1) is 18.7 Å². The lowest BCUT2D eigenvalue weighted by molar-refractivity contribution is -0.137. The SMILES string of the molecule is [3H]C(=O)CCC(CC(=O)C(CCC(=O)NCCCCN)NC(=O)C(CCC(=O)NCCO)CC(=O)C(N)CCC(=O)O)C(N)=O. The highest BCUT2D eigenvalue weighted by Crippen LogP contribution is 2.18. The van der Waals surface area contributed by atoms with E-state index in [0.717, 1.165) is 0 Å². The number of nitrogens with one attached hydrogen (secondary N) is 3. The number of primary amides is 1. The second-order valence-corrected chi connectivity index (χ2v) is 10.4. The van der Waals surface area contributed by atoms with Crippen LogP contribution in [0.25, 0.3) is 0 Å². The van der Waals surface area contributed by atoms with Gasteiger partial charge in [0.15, 0.2) is 5.78 Å². The molecule has 0 rings (SSSR count). The number of amides is 4. The number of rotatable bonds is 27. The molecule has 4 unspecified atom stereocenters. The molecule has 0 saturated heterocycles. The van der Waals surface area contributed by atoms with Crippen LogP contribution in [0, 0.1) is 11.8 Å². The van der Waals surface area contributed by atoms with E-state index in [9.17, 15) is 38.4 Å². The highest BCUT2D eigenvalue weighted by atomic mass is 16.4. The van der Waals surface area contributed by atoms with Gasteiger partial charge in [-0.3, -0.25) is 33.6 Å². The van der Waals surface area contributed by atoms with Crippen LogP contribution in [-0.4, -0.2) is 96.0 Å². The van der Waals surface area contributed by atoms with Gasteiger partial charge in [0.2, 0.25) is 23.6 Å². The average molecular weight is 631 g/mol. The number of carboxylic acids is 1. The van der Waals surface area contributed by atoms with Crippen LogP contribution in [0.15, 0.2) is 0 Å². The molecule has 0 aliphatic heterocycles. The van der Waals surface area contributed by atoms with E-state index in [-0.39, 0.29) is 64.5 Å². The molecule has 0 aliphatic carbocycles. The normalized spacial score (nSPS) is 13.8. The monoisotopic (exact) mass is 630 g/mol. The summed E-state index contributed by atoms with van der Waals surface area (Å²) in [5, 5.41) is 25.4. The van der Waals surface area contributed by atoms with Gasteiger partial charge >= 0.3 is 5.97 Å². The Morgan fingerprint density at radius 1 is 0.818 bits per heavy atom. The first-order valence-electron chi connectivity index (χ1n) is 15.2. The molecule has 0 radical (unpaired) electrons. The van der Waals surface area contributed by atoms with Gasteiger partial charge in [-0.1, -0.05) is 0 Å². The lowest BCUT2D eigenvalue weighted by Gasteiger charge is -2.24. The molecule has 11 N–H and O–H groups in total. The number of carbonyl (C=O) groups is 8. The van der Waals surface area contributed by atoms with Crippen LogP contribution in [0.5, 0.6) is 0 Å². The molecule has 0 aromatic carbocycles. The number of aldehydes is 1. The van der Waals surface area contributed by atoms with Crippen LogP contribution in [0.1, 0.15) is 78.4 Å². The lowest BCUT2D eigenvalue weighted by atomic mass is 9.90. The van der Waals surface area contributed by atoms with Gasteiger partial charge in [0, 0.05) is 63.5 Å². The van der Waals surface area contributed by atoms with Crippen LogP contribution in [0.2, 0.25) is 0 Å². The third-order valence-corrected chi connectivity index (χ3v) is 6.82. The minimum Gasteiger partial charge on any atom is -0.481 e. The van der Waals surface area contributed by atoms with E-state index in [0.29, 0.717) is 25.9 Å². The van der Waals surface area contributed by atoms with Crippen LogP contribution in [0.4, 0.5) is 0 Å². The fraction of sp³-hybridized carbons (Fsp3) is 0.714. The van der Waals surface area contributed by atoms with Gasteiger partial charge in [-0.25, -0.2) is 0 Å². The zero-order valence-corrected chi connectivity index (χ0v) is 25.0. The largest absolute Gasteiger partial charge is 0.481 e. The second kappa shape index (κ2) is 23.7. The van der Waals surface area contributed by atoms with Gasteiger partial charge in [0.1, 0.15) is 13.4 Å². The van der Waals surface area contributed by atoms with E-state index in [1.54, 1.807) is 0 Å². The van der Waals surface area contributed by atoms with Crippen molar-refractivity contribution in [2.45, 2.75) is 89.1 Å². The first-order chi connectivity index (χ1) is 21.2. The lowest BCUT2D eigenvalue weighted by Crippen LogP contribution is -2.46. The minimum absolute atomic E-state index is 0.0353. The highest BCUT2D eigenvalue weighted by Gasteiger charge is 2.31. The fourth-order valence-corrected chi connectivity index (χ4v) is 4.18. The molecule has 0 aromatic rings. The van der Waals surface area contributed by atoms with Gasteiger partial charge < -0.3 is 48.2 Å². The van der Waals surface area contributed by atoms with Crippen molar-refractivity contribution < 1.29 is 49.9 Å². The molecule has 250 valence electrons. The van der Waals surface area contributed by atoms with Crippen LogP contribution in [-0.2, 0) is 38.4 Å². The summed E-state index contributed by atoms with van der Waals surface area (Å²) in [6.45, 7) is 0.435. The number of ketones is 2. The molecular weight excluding hydrogens is 580 g/mol. The van der Waals surface area contributed by atoms with E-state index >= 15 is 0 Å². The number of nitrogens with two attached hydrogens (primary N) is 3. The van der Waals surface area contributed by atoms with E-state index < -0.39 is 84.2 Å². The summed E-state index contributed by atoms with van der Waals surface area (Å²) in [5.74, 6) is -7.41. The Labute approximate surface area is 258 Å². The molecule has 44 heavy (non-hydrogen) atoms. The topological polar surface area (TPSA) is 291 Å². The summed E-state index contributed by atoms with van der Waals surface area (Å²) in [4.78, 5) is 98.0. The van der Waals surface area contributed by atoms with Crippen molar-refractivity contribution in [2.75, 3.05) is 26.2 Å². The summed E-state index contributed by atoms with van der Waals surface area (Å²) in [6.07, 6.45) is -2.45. The second-order valence-electron chi connectivity index (χ2n) is 10.4. The number of aliphatic hydroxyl groups excluding tert-OH is 1. The van der Waals surface area contributed by atoms with E-state index in [1.807, 2.05) is 0 Å². The first-order valence-corrected chi connectivity index (χ1v) is 14.7. The van der Waals surface area contributed by atoms with Crippen LogP contribution < -0.4 is 33.2 Å². The zero-order valence-electron chi connectivity index (χ0n) is 26.0. The number of hydrogen-bond donors (Lipinski definition) is 8. The van der Waals surface area contributed by atoms with Crippen molar-refractivity contribution in [3.05, 3.63) is 0 Å². The predicted octanol–water partition coefficient (Wildman–Crippen LogP) is -2.20. The number of aliphatic hydroxyl groups is 1. The maximum atomic E-state index is 13.4. The number of hydrogen-bond acceptors (Lipinski definition) is 11. The third kappa shape index (κ3) is 18.7. The number of carboxylic acid groups (broad SMARTS) is 1. The number of carbonyl (C=O) groups excluding carboxylic acids is 7. The van der Waals surface area contributed by atoms with Crippen LogP contribution >= 0.6 is 0 Å². The maximum absolute atomic E-state index is 13.4. The van der Waals surface area contributed by atoms with E-state index in [2.05, 4.69) is 16.0 Å². The molecule has 16 heteroatoms. The Morgan fingerprint density at radius 2 is 1.43 bits per heavy atom. The molecule has 0 saturated carbocycles. The molecule has 0 heterocycles. The Morgan fingerprint density at radius 3 is 2.00 bits per heavy atom.